The third-order valence-corrected chi connectivity index (χ3v) is 4.70. The van der Waals surface area contributed by atoms with Gasteiger partial charge in [0, 0.05) is 13.1 Å². The Morgan fingerprint density at radius 3 is 2.44 bits per heavy atom. The summed E-state index contributed by atoms with van der Waals surface area (Å²) in [5.41, 5.74) is 3.33. The summed E-state index contributed by atoms with van der Waals surface area (Å²) in [5, 5.41) is 6.27. The summed E-state index contributed by atoms with van der Waals surface area (Å²) in [7, 11) is 3.03. The first kappa shape index (κ1) is 22.8. The number of amides is 3. The Morgan fingerprint density at radius 1 is 1.00 bits per heavy atom. The zero-order valence-corrected chi connectivity index (χ0v) is 17.8. The molecule has 10 nitrogen and oxygen atoms in total. The van der Waals surface area contributed by atoms with Crippen molar-refractivity contribution < 1.29 is 28.6 Å². The van der Waals surface area contributed by atoms with Crippen molar-refractivity contribution in [3.8, 4) is 11.5 Å². The molecule has 1 fully saturated rings. The largest absolute Gasteiger partial charge is 0.493 e. The monoisotopic (exact) mass is 440 g/mol. The molecular formula is C22H24N4O6. The van der Waals surface area contributed by atoms with E-state index in [1.54, 1.807) is 47.4 Å². The van der Waals surface area contributed by atoms with Gasteiger partial charge in [-0.15, -0.1) is 0 Å². The van der Waals surface area contributed by atoms with Gasteiger partial charge < -0.3 is 24.4 Å². The number of carbonyl (C=O) groups excluding carboxylic acids is 3. The van der Waals surface area contributed by atoms with E-state index in [-0.39, 0.29) is 11.6 Å². The van der Waals surface area contributed by atoms with Crippen molar-refractivity contribution in [2.75, 3.05) is 45.8 Å². The number of ether oxygens (including phenoxy) is 3. The van der Waals surface area contributed by atoms with Crippen LogP contribution < -0.4 is 20.2 Å². The maximum Gasteiger partial charge on any atom is 0.329 e. The van der Waals surface area contributed by atoms with Crippen molar-refractivity contribution in [2.24, 2.45) is 5.10 Å². The minimum absolute atomic E-state index is 0.240. The maximum absolute atomic E-state index is 12.8. The minimum atomic E-state index is -0.977. The molecule has 3 amide bonds. The lowest BCUT2D eigenvalue weighted by atomic mass is 10.1. The maximum atomic E-state index is 12.8. The fourth-order valence-corrected chi connectivity index (χ4v) is 3.04. The highest BCUT2D eigenvalue weighted by molar-refractivity contribution is 6.40. The quantitative estimate of drug-likeness (QED) is 0.397. The van der Waals surface area contributed by atoms with Crippen LogP contribution in [-0.4, -0.2) is 69.4 Å². The highest BCUT2D eigenvalue weighted by atomic mass is 16.5. The molecular weight excluding hydrogens is 416 g/mol. The first-order valence-electron chi connectivity index (χ1n) is 9.86. The Bertz CT molecular complexity index is 1020. The lowest BCUT2D eigenvalue weighted by Crippen LogP contribution is -2.41. The predicted molar refractivity (Wildman–Crippen MR) is 117 cm³/mol. The van der Waals surface area contributed by atoms with Crippen molar-refractivity contribution in [1.82, 2.24) is 10.3 Å². The van der Waals surface area contributed by atoms with Gasteiger partial charge in [0.05, 0.1) is 44.9 Å². The van der Waals surface area contributed by atoms with Crippen LogP contribution >= 0.6 is 0 Å². The predicted octanol–water partition coefficient (Wildman–Crippen LogP) is 1.26. The Balaban J connectivity index is 1.62. The summed E-state index contributed by atoms with van der Waals surface area (Å²) in [6.07, 6.45) is 1.36. The number of anilines is 1. The zero-order valence-electron chi connectivity index (χ0n) is 17.8. The van der Waals surface area contributed by atoms with Crippen LogP contribution in [0.25, 0.3) is 0 Å². The number of hydrogen-bond acceptors (Lipinski definition) is 7. The van der Waals surface area contributed by atoms with Crippen LogP contribution in [0, 0.1) is 0 Å². The van der Waals surface area contributed by atoms with Gasteiger partial charge in [-0.1, -0.05) is 12.1 Å². The first-order chi connectivity index (χ1) is 15.5. The molecule has 0 aromatic heterocycles. The van der Waals surface area contributed by atoms with Gasteiger partial charge in [-0.25, -0.2) is 5.43 Å². The molecule has 1 heterocycles. The number of hydrogen-bond donors (Lipinski definition) is 2. The van der Waals surface area contributed by atoms with Crippen LogP contribution in [0.1, 0.15) is 15.9 Å². The van der Waals surface area contributed by atoms with Crippen LogP contribution in [0.5, 0.6) is 11.5 Å². The summed E-state index contributed by atoms with van der Waals surface area (Å²) < 4.78 is 15.6. The smallest absolute Gasteiger partial charge is 0.329 e. The average molecular weight is 440 g/mol. The molecule has 168 valence electrons. The number of carbonyl (C=O) groups is 3. The van der Waals surface area contributed by atoms with E-state index < -0.39 is 11.8 Å². The van der Waals surface area contributed by atoms with Crippen molar-refractivity contribution in [1.29, 1.82) is 0 Å². The lowest BCUT2D eigenvalue weighted by Gasteiger charge is -2.27. The van der Waals surface area contributed by atoms with Gasteiger partial charge in [-0.3, -0.25) is 14.4 Å². The molecule has 0 aliphatic carbocycles. The summed E-state index contributed by atoms with van der Waals surface area (Å²) in [6.45, 7) is 1.85. The third kappa shape index (κ3) is 5.61. The van der Waals surface area contributed by atoms with Crippen LogP contribution in [-0.2, 0) is 14.3 Å². The van der Waals surface area contributed by atoms with Gasteiger partial charge in [0.15, 0.2) is 11.5 Å². The zero-order chi connectivity index (χ0) is 22.9. The Morgan fingerprint density at radius 2 is 1.72 bits per heavy atom. The fraction of sp³-hybridized carbons (Fsp3) is 0.273. The summed E-state index contributed by atoms with van der Waals surface area (Å²) >= 11 is 0. The normalized spacial score (nSPS) is 13.5. The Hall–Kier alpha value is -3.92. The highest BCUT2D eigenvalue weighted by Gasteiger charge is 2.22. The van der Waals surface area contributed by atoms with Crippen LogP contribution in [0.3, 0.4) is 0 Å². The molecule has 2 aromatic carbocycles. The van der Waals surface area contributed by atoms with Gasteiger partial charge in [-0.05, 0) is 35.9 Å². The van der Waals surface area contributed by atoms with Gasteiger partial charge in [0.1, 0.15) is 0 Å². The van der Waals surface area contributed by atoms with E-state index in [0.29, 0.717) is 48.9 Å². The van der Waals surface area contributed by atoms with E-state index >= 15 is 0 Å². The molecule has 0 atom stereocenters. The molecule has 2 N–H and O–H groups in total. The number of methoxy groups -OCH3 is 2. The number of hydrazone groups is 1. The number of benzene rings is 2. The molecule has 3 rings (SSSR count). The van der Waals surface area contributed by atoms with Gasteiger partial charge in [0.2, 0.25) is 0 Å². The first-order valence-corrected chi connectivity index (χ1v) is 9.86. The molecule has 10 heteroatoms. The van der Waals surface area contributed by atoms with Gasteiger partial charge in [0.25, 0.3) is 5.91 Å². The fourth-order valence-electron chi connectivity index (χ4n) is 3.04. The number of rotatable bonds is 6. The Labute approximate surface area is 185 Å². The molecule has 0 radical (unpaired) electrons. The molecule has 0 saturated carbocycles. The van der Waals surface area contributed by atoms with Gasteiger partial charge >= 0.3 is 11.8 Å². The van der Waals surface area contributed by atoms with Crippen LogP contribution in [0.2, 0.25) is 0 Å². The lowest BCUT2D eigenvalue weighted by molar-refractivity contribution is -0.136. The van der Waals surface area contributed by atoms with Crippen molar-refractivity contribution >= 4 is 29.6 Å². The van der Waals surface area contributed by atoms with E-state index in [0.717, 1.165) is 0 Å². The van der Waals surface area contributed by atoms with E-state index in [2.05, 4.69) is 15.8 Å². The van der Waals surface area contributed by atoms with Crippen LogP contribution in [0.15, 0.2) is 47.6 Å². The highest BCUT2D eigenvalue weighted by Crippen LogP contribution is 2.26. The van der Waals surface area contributed by atoms with E-state index in [4.69, 9.17) is 14.2 Å². The topological polar surface area (TPSA) is 119 Å². The number of para-hydroxylation sites is 1. The van der Waals surface area contributed by atoms with Crippen molar-refractivity contribution in [3.63, 3.8) is 0 Å². The van der Waals surface area contributed by atoms with E-state index in [9.17, 15) is 14.4 Å². The molecule has 0 spiro atoms. The second kappa shape index (κ2) is 10.9. The van der Waals surface area contributed by atoms with Crippen molar-refractivity contribution in [3.05, 3.63) is 53.6 Å². The second-order valence-corrected chi connectivity index (χ2v) is 6.72. The number of nitrogens with one attached hydrogen (secondary N) is 2. The summed E-state index contributed by atoms with van der Waals surface area (Å²) in [6, 6.07) is 11.6. The summed E-state index contributed by atoms with van der Waals surface area (Å²) in [4.78, 5) is 38.9. The van der Waals surface area contributed by atoms with E-state index in [1.165, 1.54) is 20.4 Å². The average Bonchev–Trinajstić information content (AvgIpc) is 2.84. The molecule has 2 aromatic rings. The van der Waals surface area contributed by atoms with Gasteiger partial charge in [-0.2, -0.15) is 5.10 Å². The minimum Gasteiger partial charge on any atom is -0.493 e. The number of morpholine rings is 1. The molecule has 1 aliphatic rings. The standard InChI is InChI=1S/C22H24N4O6/c1-30-18-8-7-15(13-19(18)31-2)14-23-25-21(28)20(27)24-17-6-4-3-5-16(17)22(29)26-9-11-32-12-10-26/h3-8,13-14H,9-12H2,1-2H3,(H,24,27)(H,25,28)/b23-14-. The molecule has 1 saturated heterocycles. The van der Waals surface area contributed by atoms with Crippen LogP contribution in [0.4, 0.5) is 5.69 Å². The summed E-state index contributed by atoms with van der Waals surface area (Å²) in [5.74, 6) is -1.11. The molecule has 0 unspecified atom stereocenters. The number of nitrogens with zero attached hydrogens (tertiary/aromatic N) is 2. The third-order valence-electron chi connectivity index (χ3n) is 4.70. The molecule has 0 bridgehead atoms. The Kier molecular flexibility index (Phi) is 7.76. The van der Waals surface area contributed by atoms with Crippen molar-refractivity contribution in [2.45, 2.75) is 0 Å². The SMILES string of the molecule is COc1ccc(/C=N\NC(=O)C(=O)Nc2ccccc2C(=O)N2CCOCC2)cc1OC. The van der Waals surface area contributed by atoms with E-state index in [1.807, 2.05) is 0 Å². The molecule has 1 aliphatic heterocycles. The molecule has 32 heavy (non-hydrogen) atoms. The second-order valence-electron chi connectivity index (χ2n) is 6.72.